The van der Waals surface area contributed by atoms with Crippen LogP contribution in [0.15, 0.2) is 36.4 Å². The number of carbonyl (C=O) groups is 1. The summed E-state index contributed by atoms with van der Waals surface area (Å²) in [4.78, 5) is 18.1. The molecule has 0 spiro atoms. The van der Waals surface area contributed by atoms with E-state index in [9.17, 15) is 9.90 Å². The van der Waals surface area contributed by atoms with Crippen LogP contribution in [0, 0.1) is 0 Å². The van der Waals surface area contributed by atoms with Crippen LogP contribution < -0.4 is 5.32 Å². The Bertz CT molecular complexity index is 966. The van der Waals surface area contributed by atoms with Crippen molar-refractivity contribution in [2.45, 2.75) is 50.9 Å². The maximum Gasteiger partial charge on any atom is 0.270 e. The molecular weight excluding hydrogens is 354 g/mol. The van der Waals surface area contributed by atoms with Crippen LogP contribution in [0.3, 0.4) is 0 Å². The molecule has 1 amide bonds. The number of benzene rings is 1. The Hall–Kier alpha value is -2.80. The highest BCUT2D eigenvalue weighted by Crippen LogP contribution is 2.24. The van der Waals surface area contributed by atoms with Crippen molar-refractivity contribution >= 4 is 22.6 Å². The van der Waals surface area contributed by atoms with Gasteiger partial charge in [0.1, 0.15) is 11.5 Å². The zero-order chi connectivity index (χ0) is 19.1. The van der Waals surface area contributed by atoms with E-state index < -0.39 is 0 Å². The fraction of sp³-hybridized carbons (Fsp3) is 0.429. The Morgan fingerprint density at radius 2 is 1.96 bits per heavy atom. The van der Waals surface area contributed by atoms with Crippen molar-refractivity contribution in [1.82, 2.24) is 19.7 Å². The number of hydrogen-bond acceptors (Lipinski definition) is 4. The van der Waals surface area contributed by atoms with Gasteiger partial charge < -0.3 is 20.3 Å². The quantitative estimate of drug-likeness (QED) is 0.653. The summed E-state index contributed by atoms with van der Waals surface area (Å²) in [6, 6.07) is 12.3. The van der Waals surface area contributed by atoms with E-state index in [2.05, 4.69) is 21.5 Å². The average molecular weight is 379 g/mol. The summed E-state index contributed by atoms with van der Waals surface area (Å²) in [5.41, 5.74) is 2.67. The molecule has 1 aromatic carbocycles. The second kappa shape index (κ2) is 6.98. The van der Waals surface area contributed by atoms with E-state index in [1.54, 1.807) is 0 Å². The molecule has 1 aliphatic carbocycles. The SMILES string of the molecule is O=C(c1cc2ccccc2[nH]1)N1CCn2nc(NC3CCC(O)CC3)cc2C1. The van der Waals surface area contributed by atoms with Crippen molar-refractivity contribution in [1.29, 1.82) is 0 Å². The van der Waals surface area contributed by atoms with Crippen LogP contribution in [-0.4, -0.2) is 49.4 Å². The lowest BCUT2D eigenvalue weighted by Gasteiger charge is -2.27. The molecule has 3 heterocycles. The van der Waals surface area contributed by atoms with Crippen molar-refractivity contribution in [2.75, 3.05) is 11.9 Å². The second-order valence-electron chi connectivity index (χ2n) is 7.89. The largest absolute Gasteiger partial charge is 0.393 e. The number of fused-ring (bicyclic) bond motifs is 2. The second-order valence-corrected chi connectivity index (χ2v) is 7.89. The summed E-state index contributed by atoms with van der Waals surface area (Å²) < 4.78 is 2.00. The van der Waals surface area contributed by atoms with E-state index in [4.69, 9.17) is 0 Å². The maximum atomic E-state index is 13.0. The zero-order valence-electron chi connectivity index (χ0n) is 15.8. The summed E-state index contributed by atoms with van der Waals surface area (Å²) in [7, 11) is 0. The molecule has 0 bridgehead atoms. The smallest absolute Gasteiger partial charge is 0.270 e. The number of H-pyrrole nitrogens is 1. The molecule has 2 aliphatic rings. The molecule has 1 aliphatic heterocycles. The maximum absolute atomic E-state index is 13.0. The van der Waals surface area contributed by atoms with Gasteiger partial charge >= 0.3 is 0 Å². The Kier molecular flexibility index (Phi) is 4.31. The number of rotatable bonds is 3. The fourth-order valence-electron chi connectivity index (χ4n) is 4.30. The number of nitrogens with zero attached hydrogens (tertiary/aromatic N) is 3. The third-order valence-corrected chi connectivity index (χ3v) is 5.89. The summed E-state index contributed by atoms with van der Waals surface area (Å²) >= 11 is 0. The molecule has 1 saturated carbocycles. The molecule has 0 radical (unpaired) electrons. The molecule has 3 aromatic rings. The summed E-state index contributed by atoms with van der Waals surface area (Å²) in [5.74, 6) is 0.899. The fourth-order valence-corrected chi connectivity index (χ4v) is 4.30. The van der Waals surface area contributed by atoms with Gasteiger partial charge in [-0.2, -0.15) is 5.10 Å². The highest BCUT2D eigenvalue weighted by atomic mass is 16.3. The molecule has 0 atom stereocenters. The molecule has 7 heteroatoms. The topological polar surface area (TPSA) is 86.2 Å². The zero-order valence-corrected chi connectivity index (χ0v) is 15.8. The molecule has 2 aromatic heterocycles. The van der Waals surface area contributed by atoms with Crippen molar-refractivity contribution in [3.63, 3.8) is 0 Å². The summed E-state index contributed by atoms with van der Waals surface area (Å²) in [5, 5.41) is 18.9. The van der Waals surface area contributed by atoms with Gasteiger partial charge in [0.05, 0.1) is 24.9 Å². The van der Waals surface area contributed by atoms with Crippen molar-refractivity contribution in [3.8, 4) is 0 Å². The van der Waals surface area contributed by atoms with Gasteiger partial charge in [-0.1, -0.05) is 18.2 Å². The molecule has 0 saturated heterocycles. The number of hydrogen-bond donors (Lipinski definition) is 3. The number of aliphatic hydroxyl groups is 1. The van der Waals surface area contributed by atoms with Gasteiger partial charge in [-0.15, -0.1) is 0 Å². The van der Waals surface area contributed by atoms with E-state index in [0.29, 0.717) is 31.4 Å². The van der Waals surface area contributed by atoms with Gasteiger partial charge in [-0.3, -0.25) is 9.48 Å². The van der Waals surface area contributed by atoms with E-state index in [-0.39, 0.29) is 12.0 Å². The minimum atomic E-state index is -0.155. The predicted octanol–water partition coefficient (Wildman–Crippen LogP) is 2.74. The van der Waals surface area contributed by atoms with Crippen LogP contribution in [0.4, 0.5) is 5.82 Å². The third kappa shape index (κ3) is 3.26. The van der Waals surface area contributed by atoms with Gasteiger partial charge in [0.2, 0.25) is 0 Å². The average Bonchev–Trinajstić information content (AvgIpc) is 3.32. The number of amides is 1. The molecule has 0 unspecified atom stereocenters. The van der Waals surface area contributed by atoms with E-state index in [1.807, 2.05) is 39.9 Å². The first-order chi connectivity index (χ1) is 13.7. The number of carbonyl (C=O) groups excluding carboxylic acids is 1. The number of anilines is 1. The van der Waals surface area contributed by atoms with Gasteiger partial charge in [-0.05, 0) is 37.8 Å². The van der Waals surface area contributed by atoms with Crippen LogP contribution in [0.5, 0.6) is 0 Å². The van der Waals surface area contributed by atoms with Gasteiger partial charge in [0.15, 0.2) is 0 Å². The molecule has 146 valence electrons. The molecule has 3 N–H and O–H groups in total. The Labute approximate surface area is 163 Å². The normalized spacial score (nSPS) is 22.2. The first-order valence-corrected chi connectivity index (χ1v) is 10.0. The van der Waals surface area contributed by atoms with Crippen molar-refractivity contribution in [3.05, 3.63) is 47.8 Å². The molecule has 1 fully saturated rings. The highest BCUT2D eigenvalue weighted by Gasteiger charge is 2.25. The summed E-state index contributed by atoms with van der Waals surface area (Å²) in [6.07, 6.45) is 3.47. The Balaban J connectivity index is 1.28. The van der Waals surface area contributed by atoms with E-state index >= 15 is 0 Å². The van der Waals surface area contributed by atoms with E-state index in [1.165, 1.54) is 0 Å². The van der Waals surface area contributed by atoms with Crippen LogP contribution in [0.25, 0.3) is 10.9 Å². The number of aromatic nitrogens is 3. The lowest BCUT2D eigenvalue weighted by atomic mass is 9.93. The van der Waals surface area contributed by atoms with Crippen LogP contribution in [0.2, 0.25) is 0 Å². The Morgan fingerprint density at radius 1 is 1.14 bits per heavy atom. The first kappa shape index (κ1) is 17.3. The van der Waals surface area contributed by atoms with Gasteiger partial charge in [0, 0.05) is 29.6 Å². The van der Waals surface area contributed by atoms with Gasteiger partial charge in [0.25, 0.3) is 5.91 Å². The lowest BCUT2D eigenvalue weighted by molar-refractivity contribution is 0.0701. The first-order valence-electron chi connectivity index (χ1n) is 10.0. The van der Waals surface area contributed by atoms with E-state index in [0.717, 1.165) is 48.1 Å². The molecule has 5 rings (SSSR count). The minimum Gasteiger partial charge on any atom is -0.393 e. The van der Waals surface area contributed by atoms with Crippen molar-refractivity contribution < 1.29 is 9.90 Å². The predicted molar refractivity (Wildman–Crippen MR) is 107 cm³/mol. The lowest BCUT2D eigenvalue weighted by Crippen LogP contribution is -2.38. The number of aromatic amines is 1. The number of nitrogens with one attached hydrogen (secondary N) is 2. The number of aliphatic hydroxyl groups excluding tert-OH is 1. The third-order valence-electron chi connectivity index (χ3n) is 5.89. The standard InChI is InChI=1S/C21H25N5O2/c27-17-7-5-15(6-8-17)22-20-12-16-13-25(9-10-26(16)24-20)21(28)19-11-14-3-1-2-4-18(14)23-19/h1-4,11-12,15,17,23,27H,5-10,13H2,(H,22,24). The molecular formula is C21H25N5O2. The number of para-hydroxylation sites is 1. The van der Waals surface area contributed by atoms with Crippen molar-refractivity contribution in [2.24, 2.45) is 0 Å². The van der Waals surface area contributed by atoms with Gasteiger partial charge in [-0.25, -0.2) is 0 Å². The Morgan fingerprint density at radius 3 is 2.79 bits per heavy atom. The van der Waals surface area contributed by atoms with Crippen LogP contribution >= 0.6 is 0 Å². The monoisotopic (exact) mass is 379 g/mol. The molecule has 28 heavy (non-hydrogen) atoms. The summed E-state index contributed by atoms with van der Waals surface area (Å²) in [6.45, 7) is 1.91. The van der Waals surface area contributed by atoms with Crippen LogP contribution in [0.1, 0.15) is 41.9 Å². The highest BCUT2D eigenvalue weighted by molar-refractivity contribution is 5.98. The van der Waals surface area contributed by atoms with Crippen LogP contribution in [-0.2, 0) is 13.1 Å². The minimum absolute atomic E-state index is 0.0272. The molecule has 7 nitrogen and oxygen atoms in total.